The minimum absolute atomic E-state index is 0.244. The van der Waals surface area contributed by atoms with Gasteiger partial charge in [-0.1, -0.05) is 0 Å². The van der Waals surface area contributed by atoms with Crippen LogP contribution in [0, 0.1) is 18.3 Å². The molecule has 1 aromatic carbocycles. The second-order valence-corrected chi connectivity index (χ2v) is 7.63. The number of anilines is 1. The van der Waals surface area contributed by atoms with Crippen LogP contribution in [0.1, 0.15) is 11.1 Å². The number of hydrogen-bond donors (Lipinski definition) is 1. The lowest BCUT2D eigenvalue weighted by molar-refractivity contribution is 0.415. The highest BCUT2D eigenvalue weighted by atomic mass is 79.9. The SMILES string of the molecule is COc1ccc(-c2nc(N)c(C#N)c(-c3ccc(Br)s3)c2C)cc1. The van der Waals surface area contributed by atoms with Crippen LogP contribution >= 0.6 is 27.3 Å². The normalized spacial score (nSPS) is 10.4. The lowest BCUT2D eigenvalue weighted by Gasteiger charge is -2.14. The average molecular weight is 400 g/mol. The van der Waals surface area contributed by atoms with Crippen molar-refractivity contribution in [2.24, 2.45) is 0 Å². The number of ether oxygens (including phenoxy) is 1. The van der Waals surface area contributed by atoms with Crippen LogP contribution in [0.3, 0.4) is 0 Å². The summed E-state index contributed by atoms with van der Waals surface area (Å²) >= 11 is 5.04. The molecule has 2 aromatic heterocycles. The molecular weight excluding hydrogens is 386 g/mol. The van der Waals surface area contributed by atoms with E-state index in [0.717, 1.165) is 36.8 Å². The molecule has 0 bridgehead atoms. The van der Waals surface area contributed by atoms with Crippen molar-refractivity contribution in [3.05, 3.63) is 51.3 Å². The number of methoxy groups -OCH3 is 1. The summed E-state index contributed by atoms with van der Waals surface area (Å²) in [5.41, 5.74) is 9.96. The molecule has 0 amide bonds. The Bertz CT molecular complexity index is 942. The zero-order chi connectivity index (χ0) is 17.3. The van der Waals surface area contributed by atoms with Crippen molar-refractivity contribution in [2.45, 2.75) is 6.92 Å². The monoisotopic (exact) mass is 399 g/mol. The molecule has 0 fully saturated rings. The summed E-state index contributed by atoms with van der Waals surface area (Å²) < 4.78 is 6.20. The number of nitrogens with zero attached hydrogens (tertiary/aromatic N) is 2. The predicted octanol–water partition coefficient (Wildman–Crippen LogP) is 5.01. The molecule has 0 radical (unpaired) electrons. The van der Waals surface area contributed by atoms with Crippen LogP contribution < -0.4 is 10.5 Å². The molecule has 0 saturated heterocycles. The maximum atomic E-state index is 9.53. The molecule has 2 heterocycles. The molecular formula is C18H14BrN3OS. The van der Waals surface area contributed by atoms with E-state index in [0.29, 0.717) is 5.56 Å². The average Bonchev–Trinajstić information content (AvgIpc) is 3.02. The number of nitrogens with two attached hydrogens (primary N) is 1. The molecule has 24 heavy (non-hydrogen) atoms. The van der Waals surface area contributed by atoms with Crippen LogP contribution in [0.4, 0.5) is 5.82 Å². The van der Waals surface area contributed by atoms with Crippen molar-refractivity contribution in [1.29, 1.82) is 5.26 Å². The van der Waals surface area contributed by atoms with Gasteiger partial charge in [-0.3, -0.25) is 0 Å². The smallest absolute Gasteiger partial charge is 0.142 e. The van der Waals surface area contributed by atoms with Gasteiger partial charge >= 0.3 is 0 Å². The quantitative estimate of drug-likeness (QED) is 0.671. The van der Waals surface area contributed by atoms with Crippen molar-refractivity contribution >= 4 is 33.1 Å². The maximum absolute atomic E-state index is 9.53. The molecule has 0 saturated carbocycles. The van der Waals surface area contributed by atoms with E-state index in [1.54, 1.807) is 18.4 Å². The highest BCUT2D eigenvalue weighted by Gasteiger charge is 2.19. The highest BCUT2D eigenvalue weighted by Crippen LogP contribution is 2.40. The second-order valence-electron chi connectivity index (χ2n) is 5.16. The highest BCUT2D eigenvalue weighted by molar-refractivity contribution is 9.11. The number of pyridine rings is 1. The summed E-state index contributed by atoms with van der Waals surface area (Å²) in [7, 11) is 1.63. The van der Waals surface area contributed by atoms with Crippen LogP contribution in [0.25, 0.3) is 21.7 Å². The first-order chi connectivity index (χ1) is 11.5. The van der Waals surface area contributed by atoms with Gasteiger partial charge in [-0.05, 0) is 64.8 Å². The fourth-order valence-corrected chi connectivity index (χ4v) is 4.09. The number of nitrogen functional groups attached to an aromatic ring is 1. The molecule has 0 aliphatic rings. The van der Waals surface area contributed by atoms with Gasteiger partial charge in [0.2, 0.25) is 0 Å². The van der Waals surface area contributed by atoms with Crippen LogP contribution in [0.5, 0.6) is 5.75 Å². The summed E-state index contributed by atoms with van der Waals surface area (Å²) in [5, 5.41) is 9.53. The Morgan fingerprint density at radius 3 is 2.46 bits per heavy atom. The fraction of sp³-hybridized carbons (Fsp3) is 0.111. The van der Waals surface area contributed by atoms with Crippen molar-refractivity contribution in [2.75, 3.05) is 12.8 Å². The summed E-state index contributed by atoms with van der Waals surface area (Å²) in [6, 6.07) is 13.8. The largest absolute Gasteiger partial charge is 0.497 e. The number of nitriles is 1. The molecule has 3 aromatic rings. The Morgan fingerprint density at radius 1 is 1.21 bits per heavy atom. The summed E-state index contributed by atoms with van der Waals surface area (Å²) in [6.07, 6.45) is 0. The van der Waals surface area contributed by atoms with Gasteiger partial charge in [0.05, 0.1) is 16.6 Å². The molecule has 0 atom stereocenters. The third-order valence-corrected chi connectivity index (χ3v) is 5.40. The topological polar surface area (TPSA) is 71.9 Å². The molecule has 6 heteroatoms. The van der Waals surface area contributed by atoms with E-state index < -0.39 is 0 Å². The van der Waals surface area contributed by atoms with Crippen molar-refractivity contribution in [3.8, 4) is 33.5 Å². The fourth-order valence-electron chi connectivity index (χ4n) is 2.59. The van der Waals surface area contributed by atoms with Crippen molar-refractivity contribution in [3.63, 3.8) is 0 Å². The Balaban J connectivity index is 2.25. The van der Waals surface area contributed by atoms with Crippen LogP contribution in [-0.2, 0) is 0 Å². The van der Waals surface area contributed by atoms with Crippen LogP contribution in [0.2, 0.25) is 0 Å². The zero-order valence-electron chi connectivity index (χ0n) is 13.1. The number of hydrogen-bond acceptors (Lipinski definition) is 5. The van der Waals surface area contributed by atoms with E-state index in [-0.39, 0.29) is 5.82 Å². The third-order valence-electron chi connectivity index (χ3n) is 3.76. The Labute approximate surface area is 152 Å². The number of thiophene rings is 1. The van der Waals surface area contributed by atoms with Gasteiger partial charge in [0.1, 0.15) is 23.2 Å². The Morgan fingerprint density at radius 2 is 1.92 bits per heavy atom. The van der Waals surface area contributed by atoms with Gasteiger partial charge in [0.25, 0.3) is 0 Å². The minimum atomic E-state index is 0.244. The van der Waals surface area contributed by atoms with Gasteiger partial charge in [0, 0.05) is 16.0 Å². The summed E-state index contributed by atoms with van der Waals surface area (Å²) in [5.74, 6) is 1.02. The molecule has 3 rings (SSSR count). The molecule has 0 spiro atoms. The lowest BCUT2D eigenvalue weighted by Crippen LogP contribution is -2.02. The molecule has 120 valence electrons. The summed E-state index contributed by atoms with van der Waals surface area (Å²) in [6.45, 7) is 1.97. The van der Waals surface area contributed by atoms with E-state index in [9.17, 15) is 5.26 Å². The lowest BCUT2D eigenvalue weighted by atomic mass is 9.97. The van der Waals surface area contributed by atoms with Gasteiger partial charge in [-0.15, -0.1) is 11.3 Å². The second kappa shape index (κ2) is 6.63. The molecule has 0 aliphatic heterocycles. The maximum Gasteiger partial charge on any atom is 0.142 e. The predicted molar refractivity (Wildman–Crippen MR) is 101 cm³/mol. The van der Waals surface area contributed by atoms with Crippen molar-refractivity contribution in [1.82, 2.24) is 4.98 Å². The summed E-state index contributed by atoms with van der Waals surface area (Å²) in [4.78, 5) is 5.46. The van der Waals surface area contributed by atoms with Crippen LogP contribution in [0.15, 0.2) is 40.2 Å². The number of benzene rings is 1. The molecule has 0 unspecified atom stereocenters. The van der Waals surface area contributed by atoms with Gasteiger partial charge in [0.15, 0.2) is 0 Å². The van der Waals surface area contributed by atoms with Gasteiger partial charge in [-0.25, -0.2) is 4.98 Å². The first-order valence-corrected chi connectivity index (χ1v) is 8.76. The molecule has 0 aliphatic carbocycles. The minimum Gasteiger partial charge on any atom is -0.497 e. The van der Waals surface area contributed by atoms with E-state index >= 15 is 0 Å². The zero-order valence-corrected chi connectivity index (χ0v) is 15.5. The Hall–Kier alpha value is -2.36. The molecule has 4 nitrogen and oxygen atoms in total. The number of rotatable bonds is 3. The first kappa shape index (κ1) is 16.5. The number of aromatic nitrogens is 1. The van der Waals surface area contributed by atoms with Crippen LogP contribution in [-0.4, -0.2) is 12.1 Å². The van der Waals surface area contributed by atoms with Crippen molar-refractivity contribution < 1.29 is 4.74 Å². The van der Waals surface area contributed by atoms with E-state index in [1.165, 1.54) is 0 Å². The third kappa shape index (κ3) is 2.88. The van der Waals surface area contributed by atoms with E-state index in [2.05, 4.69) is 27.0 Å². The number of halogens is 1. The molecule has 2 N–H and O–H groups in total. The first-order valence-electron chi connectivity index (χ1n) is 7.15. The van der Waals surface area contributed by atoms with Gasteiger partial charge < -0.3 is 10.5 Å². The van der Waals surface area contributed by atoms with E-state index in [1.807, 2.05) is 43.3 Å². The standard InChI is InChI=1S/C18H14BrN3OS/c1-10-16(14-7-8-15(19)24-14)13(9-20)18(21)22-17(10)11-3-5-12(23-2)6-4-11/h3-8H,1-2H3,(H2,21,22). The van der Waals surface area contributed by atoms with E-state index in [4.69, 9.17) is 10.5 Å². The van der Waals surface area contributed by atoms with Gasteiger partial charge in [-0.2, -0.15) is 5.26 Å². The Kier molecular flexibility index (Phi) is 4.56.